The van der Waals surface area contributed by atoms with Gasteiger partial charge in [0.2, 0.25) is 0 Å². The maximum absolute atomic E-state index is 12.3. The molecule has 1 fully saturated rings. The quantitative estimate of drug-likeness (QED) is 0.867. The van der Waals surface area contributed by atoms with Gasteiger partial charge >= 0.3 is 6.09 Å². The van der Waals surface area contributed by atoms with Crippen molar-refractivity contribution in [2.24, 2.45) is 0 Å². The van der Waals surface area contributed by atoms with E-state index in [0.717, 1.165) is 12.8 Å². The maximum atomic E-state index is 12.3. The van der Waals surface area contributed by atoms with Gasteiger partial charge in [-0.1, -0.05) is 0 Å². The third-order valence-electron chi connectivity index (χ3n) is 4.10. The van der Waals surface area contributed by atoms with Gasteiger partial charge in [0.25, 0.3) is 5.56 Å². The minimum atomic E-state index is -0.498. The van der Waals surface area contributed by atoms with Gasteiger partial charge in [0.05, 0.1) is 0 Å². The van der Waals surface area contributed by atoms with E-state index in [4.69, 9.17) is 4.74 Å². The van der Waals surface area contributed by atoms with Crippen molar-refractivity contribution >= 4 is 17.3 Å². The summed E-state index contributed by atoms with van der Waals surface area (Å²) in [4.78, 5) is 37.3. The first-order valence-electron chi connectivity index (χ1n) is 8.15. The van der Waals surface area contributed by atoms with Crippen LogP contribution in [0.1, 0.15) is 45.1 Å². The zero-order chi connectivity index (χ0) is 17.3. The Morgan fingerprint density at radius 3 is 2.58 bits per heavy atom. The number of piperidine rings is 1. The molecule has 0 radical (unpaired) electrons. The van der Waals surface area contributed by atoms with Crippen molar-refractivity contribution in [3.05, 3.63) is 34.4 Å². The van der Waals surface area contributed by atoms with Crippen LogP contribution in [0.5, 0.6) is 0 Å². The standard InChI is InChI=1S/C17H22N4O3/c1-17(2,3)24-16(23)21-8-4-11(5-9-21)12-10-13-14(20-15(12)22)19-7-6-18-13/h6-7,10-11H,4-5,8-9H2,1-3H3,(H,19,20,22). The van der Waals surface area contributed by atoms with E-state index in [1.165, 1.54) is 0 Å². The Morgan fingerprint density at radius 2 is 1.92 bits per heavy atom. The smallest absolute Gasteiger partial charge is 0.410 e. The zero-order valence-electron chi connectivity index (χ0n) is 14.2. The van der Waals surface area contributed by atoms with E-state index in [1.54, 1.807) is 17.3 Å². The molecule has 1 saturated heterocycles. The summed E-state index contributed by atoms with van der Waals surface area (Å²) >= 11 is 0. The molecule has 0 saturated carbocycles. The number of aromatic amines is 1. The molecule has 0 spiro atoms. The first-order chi connectivity index (χ1) is 11.3. The Bertz CT molecular complexity index is 801. The number of hydrogen-bond acceptors (Lipinski definition) is 5. The summed E-state index contributed by atoms with van der Waals surface area (Å²) in [7, 11) is 0. The van der Waals surface area contributed by atoms with E-state index in [-0.39, 0.29) is 17.6 Å². The van der Waals surface area contributed by atoms with Gasteiger partial charge in [-0.3, -0.25) is 9.78 Å². The minimum absolute atomic E-state index is 0.110. The molecule has 7 heteroatoms. The number of likely N-dealkylation sites (tertiary alicyclic amines) is 1. The maximum Gasteiger partial charge on any atom is 0.410 e. The van der Waals surface area contributed by atoms with E-state index < -0.39 is 5.60 Å². The molecule has 0 aromatic carbocycles. The van der Waals surface area contributed by atoms with Gasteiger partial charge in [-0.05, 0) is 45.6 Å². The topological polar surface area (TPSA) is 88.2 Å². The molecule has 7 nitrogen and oxygen atoms in total. The second-order valence-electron chi connectivity index (χ2n) is 7.09. The van der Waals surface area contributed by atoms with Crippen molar-refractivity contribution in [2.75, 3.05) is 13.1 Å². The minimum Gasteiger partial charge on any atom is -0.444 e. The van der Waals surface area contributed by atoms with Crippen LogP contribution in [0.25, 0.3) is 11.2 Å². The molecule has 0 atom stereocenters. The average molecular weight is 330 g/mol. The summed E-state index contributed by atoms with van der Waals surface area (Å²) in [5.74, 6) is 0.110. The second kappa shape index (κ2) is 6.22. The fourth-order valence-corrected chi connectivity index (χ4v) is 2.95. The number of hydrogen-bond donors (Lipinski definition) is 1. The highest BCUT2D eigenvalue weighted by Crippen LogP contribution is 2.27. The number of rotatable bonds is 1. The molecule has 1 aliphatic rings. The number of fused-ring (bicyclic) bond motifs is 1. The molecule has 1 amide bonds. The van der Waals surface area contributed by atoms with Gasteiger partial charge in [0.15, 0.2) is 5.65 Å². The Hall–Kier alpha value is -2.44. The van der Waals surface area contributed by atoms with Crippen molar-refractivity contribution < 1.29 is 9.53 Å². The van der Waals surface area contributed by atoms with Crippen molar-refractivity contribution in [3.8, 4) is 0 Å². The van der Waals surface area contributed by atoms with Crippen LogP contribution in [-0.2, 0) is 4.74 Å². The van der Waals surface area contributed by atoms with E-state index in [2.05, 4.69) is 15.0 Å². The first-order valence-corrected chi connectivity index (χ1v) is 8.15. The molecule has 1 aliphatic heterocycles. The van der Waals surface area contributed by atoms with Crippen molar-refractivity contribution in [1.29, 1.82) is 0 Å². The number of carbonyl (C=O) groups is 1. The Balaban J connectivity index is 1.72. The number of aromatic nitrogens is 3. The third kappa shape index (κ3) is 3.55. The normalized spacial score (nSPS) is 16.4. The summed E-state index contributed by atoms with van der Waals surface area (Å²) in [5, 5.41) is 0. The molecule has 0 bridgehead atoms. The van der Waals surface area contributed by atoms with Crippen LogP contribution < -0.4 is 5.56 Å². The lowest BCUT2D eigenvalue weighted by molar-refractivity contribution is 0.0204. The van der Waals surface area contributed by atoms with Crippen LogP contribution in [0.3, 0.4) is 0 Å². The van der Waals surface area contributed by atoms with E-state index in [1.807, 2.05) is 26.8 Å². The number of carbonyl (C=O) groups excluding carboxylic acids is 1. The third-order valence-corrected chi connectivity index (χ3v) is 4.10. The summed E-state index contributed by atoms with van der Waals surface area (Å²) in [6.45, 7) is 6.73. The molecule has 3 heterocycles. The monoisotopic (exact) mass is 330 g/mol. The largest absolute Gasteiger partial charge is 0.444 e. The molecule has 128 valence electrons. The highest BCUT2D eigenvalue weighted by molar-refractivity contribution is 5.70. The van der Waals surface area contributed by atoms with Gasteiger partial charge in [-0.2, -0.15) is 0 Å². The van der Waals surface area contributed by atoms with Gasteiger partial charge in [0.1, 0.15) is 11.1 Å². The van der Waals surface area contributed by atoms with Crippen molar-refractivity contribution in [2.45, 2.75) is 45.1 Å². The fourth-order valence-electron chi connectivity index (χ4n) is 2.95. The van der Waals surface area contributed by atoms with Crippen molar-refractivity contribution in [1.82, 2.24) is 19.9 Å². The summed E-state index contributed by atoms with van der Waals surface area (Å²) < 4.78 is 5.40. The van der Waals surface area contributed by atoms with Gasteiger partial charge < -0.3 is 14.6 Å². The number of ether oxygens (including phenoxy) is 1. The Labute approximate surface area is 140 Å². The summed E-state index contributed by atoms with van der Waals surface area (Å²) in [6, 6.07) is 1.81. The van der Waals surface area contributed by atoms with Gasteiger partial charge in [-0.15, -0.1) is 0 Å². The Morgan fingerprint density at radius 1 is 1.25 bits per heavy atom. The number of pyridine rings is 1. The molecule has 3 rings (SSSR count). The summed E-state index contributed by atoms with van der Waals surface area (Å²) in [6.07, 6.45) is 4.33. The van der Waals surface area contributed by atoms with E-state index >= 15 is 0 Å². The number of nitrogens with one attached hydrogen (secondary N) is 1. The molecular weight excluding hydrogens is 308 g/mol. The molecule has 0 unspecified atom stereocenters. The van der Waals surface area contributed by atoms with Crippen molar-refractivity contribution in [3.63, 3.8) is 0 Å². The lowest BCUT2D eigenvalue weighted by atomic mass is 9.90. The lowest BCUT2D eigenvalue weighted by Crippen LogP contribution is -2.41. The molecular formula is C17H22N4O3. The second-order valence-corrected chi connectivity index (χ2v) is 7.09. The van der Waals surface area contributed by atoms with Crippen LogP contribution in [0.15, 0.2) is 23.3 Å². The molecule has 1 N–H and O–H groups in total. The van der Waals surface area contributed by atoms with Crippen LogP contribution in [-0.4, -0.2) is 44.6 Å². The summed E-state index contributed by atoms with van der Waals surface area (Å²) in [5.41, 5.74) is 1.27. The number of amides is 1. The number of nitrogens with zero attached hydrogens (tertiary/aromatic N) is 3. The van der Waals surface area contributed by atoms with Gasteiger partial charge in [0, 0.05) is 31.0 Å². The molecule has 2 aromatic rings. The SMILES string of the molecule is CC(C)(C)OC(=O)N1CCC(c2cc3nccnc3[nH]c2=O)CC1. The molecule has 2 aromatic heterocycles. The lowest BCUT2D eigenvalue weighted by Gasteiger charge is -2.33. The van der Waals surface area contributed by atoms with Crippen LogP contribution in [0, 0.1) is 0 Å². The fraction of sp³-hybridized carbons (Fsp3) is 0.529. The highest BCUT2D eigenvalue weighted by Gasteiger charge is 2.28. The number of H-pyrrole nitrogens is 1. The van der Waals surface area contributed by atoms with Gasteiger partial charge in [-0.25, -0.2) is 9.78 Å². The zero-order valence-corrected chi connectivity index (χ0v) is 14.2. The highest BCUT2D eigenvalue weighted by atomic mass is 16.6. The van der Waals surface area contributed by atoms with Crippen LogP contribution in [0.4, 0.5) is 4.79 Å². The Kier molecular flexibility index (Phi) is 4.26. The van der Waals surface area contributed by atoms with Crippen LogP contribution >= 0.6 is 0 Å². The average Bonchev–Trinajstić information content (AvgIpc) is 2.53. The predicted octanol–water partition coefficient (Wildman–Crippen LogP) is 2.43. The predicted molar refractivity (Wildman–Crippen MR) is 89.9 cm³/mol. The van der Waals surface area contributed by atoms with Crippen LogP contribution in [0.2, 0.25) is 0 Å². The van der Waals surface area contributed by atoms with E-state index in [0.29, 0.717) is 29.8 Å². The molecule has 24 heavy (non-hydrogen) atoms. The molecule has 0 aliphatic carbocycles. The first kappa shape index (κ1) is 16.4. The van der Waals surface area contributed by atoms with E-state index in [9.17, 15) is 9.59 Å².